The number of anilines is 1. The molecule has 0 aliphatic rings. The van der Waals surface area contributed by atoms with Crippen molar-refractivity contribution in [2.75, 3.05) is 5.32 Å². The molecular weight excluding hydrogens is 302 g/mol. The van der Waals surface area contributed by atoms with Gasteiger partial charge in [-0.1, -0.05) is 43.0 Å². The van der Waals surface area contributed by atoms with Crippen molar-refractivity contribution in [2.24, 2.45) is 11.1 Å². The Kier molecular flexibility index (Phi) is 5.88. The van der Waals surface area contributed by atoms with Crippen molar-refractivity contribution >= 4 is 40.6 Å². The van der Waals surface area contributed by atoms with E-state index >= 15 is 0 Å². The number of nitrogens with two attached hydrogens (primary N) is 1. The average Bonchev–Trinajstić information content (AvgIpc) is 2.39. The Morgan fingerprint density at radius 3 is 2.60 bits per heavy atom. The van der Waals surface area contributed by atoms with Crippen molar-refractivity contribution in [3.63, 3.8) is 0 Å². The standard InChI is InChI=1S/C13H16F2N2OS2/c1-3-13(2,10(16)19)11(18)17-8-6-4-5-7-9(8)20-12(14)15/h4-7,12H,3H2,1-2H3,(H2,16,19)(H,17,18). The third-order valence-corrected chi connectivity index (χ3v) is 4.34. The second-order valence-corrected chi connectivity index (χ2v) is 5.85. The summed E-state index contributed by atoms with van der Waals surface area (Å²) in [5.41, 5.74) is 4.93. The number of amides is 1. The van der Waals surface area contributed by atoms with Gasteiger partial charge in [0.25, 0.3) is 5.76 Å². The predicted octanol–water partition coefficient (Wildman–Crippen LogP) is 3.64. The molecule has 0 bridgehead atoms. The fourth-order valence-electron chi connectivity index (χ4n) is 1.48. The van der Waals surface area contributed by atoms with E-state index in [1.54, 1.807) is 32.0 Å². The van der Waals surface area contributed by atoms with Crippen molar-refractivity contribution < 1.29 is 13.6 Å². The van der Waals surface area contributed by atoms with Crippen molar-refractivity contribution in [3.05, 3.63) is 24.3 Å². The molecule has 0 fully saturated rings. The molecule has 0 aliphatic carbocycles. The van der Waals surface area contributed by atoms with Crippen LogP contribution in [0.15, 0.2) is 29.2 Å². The summed E-state index contributed by atoms with van der Waals surface area (Å²) in [4.78, 5) is 12.7. The molecule has 0 saturated carbocycles. The molecule has 0 saturated heterocycles. The van der Waals surface area contributed by atoms with Gasteiger partial charge < -0.3 is 11.1 Å². The molecule has 1 aromatic rings. The van der Waals surface area contributed by atoms with Crippen LogP contribution >= 0.6 is 24.0 Å². The van der Waals surface area contributed by atoms with E-state index in [2.05, 4.69) is 5.32 Å². The van der Waals surface area contributed by atoms with Gasteiger partial charge in [-0.2, -0.15) is 8.78 Å². The van der Waals surface area contributed by atoms with E-state index in [0.717, 1.165) is 0 Å². The lowest BCUT2D eigenvalue weighted by Crippen LogP contribution is -2.43. The fraction of sp³-hybridized carbons (Fsp3) is 0.385. The normalized spacial score (nSPS) is 13.8. The van der Waals surface area contributed by atoms with Crippen LogP contribution in [0.25, 0.3) is 0 Å². The van der Waals surface area contributed by atoms with Gasteiger partial charge in [-0.15, -0.1) is 0 Å². The van der Waals surface area contributed by atoms with E-state index < -0.39 is 17.1 Å². The lowest BCUT2D eigenvalue weighted by atomic mass is 9.86. The van der Waals surface area contributed by atoms with Crippen LogP contribution < -0.4 is 11.1 Å². The highest BCUT2D eigenvalue weighted by Gasteiger charge is 2.34. The second kappa shape index (κ2) is 6.99. The summed E-state index contributed by atoms with van der Waals surface area (Å²) < 4.78 is 25.0. The van der Waals surface area contributed by atoms with Crippen molar-refractivity contribution in [3.8, 4) is 0 Å². The predicted molar refractivity (Wildman–Crippen MR) is 82.1 cm³/mol. The molecule has 1 rings (SSSR count). The highest BCUT2D eigenvalue weighted by atomic mass is 32.2. The highest BCUT2D eigenvalue weighted by molar-refractivity contribution is 7.99. The van der Waals surface area contributed by atoms with Crippen LogP contribution in [-0.2, 0) is 4.79 Å². The summed E-state index contributed by atoms with van der Waals surface area (Å²) in [6.07, 6.45) is 0.429. The smallest absolute Gasteiger partial charge is 0.288 e. The number of rotatable bonds is 6. The molecule has 1 amide bonds. The number of hydrogen-bond donors (Lipinski definition) is 2. The van der Waals surface area contributed by atoms with Crippen molar-refractivity contribution in [2.45, 2.75) is 30.9 Å². The molecule has 0 aliphatic heterocycles. The van der Waals surface area contributed by atoms with Crippen LogP contribution in [0.4, 0.5) is 14.5 Å². The van der Waals surface area contributed by atoms with Gasteiger partial charge in [0.05, 0.1) is 16.1 Å². The second-order valence-electron chi connectivity index (χ2n) is 4.38. The Balaban J connectivity index is 2.99. The Hall–Kier alpha value is -1.21. The number of halogens is 2. The van der Waals surface area contributed by atoms with E-state index in [-0.39, 0.29) is 4.99 Å². The number of alkyl halides is 2. The topological polar surface area (TPSA) is 55.1 Å². The first kappa shape index (κ1) is 16.8. The summed E-state index contributed by atoms with van der Waals surface area (Å²) >= 11 is 5.30. The van der Waals surface area contributed by atoms with Gasteiger partial charge in [-0.3, -0.25) is 4.79 Å². The van der Waals surface area contributed by atoms with Crippen LogP contribution in [0.2, 0.25) is 0 Å². The number of carbonyl (C=O) groups is 1. The molecule has 110 valence electrons. The first-order valence-electron chi connectivity index (χ1n) is 5.96. The summed E-state index contributed by atoms with van der Waals surface area (Å²) in [6, 6.07) is 6.39. The van der Waals surface area contributed by atoms with Crippen LogP contribution in [-0.4, -0.2) is 16.7 Å². The molecule has 3 N–H and O–H groups in total. The minimum atomic E-state index is -2.55. The third-order valence-electron chi connectivity index (χ3n) is 3.10. The SMILES string of the molecule is CCC(C)(C(=O)Nc1ccccc1SC(F)F)C(N)=S. The molecule has 1 aromatic carbocycles. The van der Waals surface area contributed by atoms with Crippen molar-refractivity contribution in [1.29, 1.82) is 0 Å². The minimum Gasteiger partial charge on any atom is -0.392 e. The lowest BCUT2D eigenvalue weighted by molar-refractivity contribution is -0.121. The van der Waals surface area contributed by atoms with Crippen LogP contribution in [0.3, 0.4) is 0 Å². The maximum atomic E-state index is 12.5. The van der Waals surface area contributed by atoms with Gasteiger partial charge in [0.15, 0.2) is 0 Å². The maximum Gasteiger partial charge on any atom is 0.288 e. The molecule has 0 radical (unpaired) electrons. The van der Waals surface area contributed by atoms with Crippen LogP contribution in [0.5, 0.6) is 0 Å². The van der Waals surface area contributed by atoms with E-state index in [1.165, 1.54) is 6.07 Å². The molecule has 1 atom stereocenters. The first-order valence-corrected chi connectivity index (χ1v) is 7.25. The monoisotopic (exact) mass is 318 g/mol. The number of hydrogen-bond acceptors (Lipinski definition) is 3. The molecule has 1 unspecified atom stereocenters. The first-order chi connectivity index (χ1) is 9.31. The molecule has 0 spiro atoms. The Bertz CT molecular complexity index is 511. The van der Waals surface area contributed by atoms with Crippen molar-refractivity contribution in [1.82, 2.24) is 0 Å². The number of thiocarbonyl (C=S) groups is 1. The Morgan fingerprint density at radius 1 is 1.50 bits per heavy atom. The summed E-state index contributed by atoms with van der Waals surface area (Å²) in [5.74, 6) is -2.95. The molecular formula is C13H16F2N2OS2. The van der Waals surface area contributed by atoms with Gasteiger partial charge in [0.1, 0.15) is 0 Å². The number of thioether (sulfide) groups is 1. The highest BCUT2D eigenvalue weighted by Crippen LogP contribution is 2.33. The molecule has 3 nitrogen and oxygen atoms in total. The number of benzene rings is 1. The van der Waals surface area contributed by atoms with E-state index in [9.17, 15) is 13.6 Å². The molecule has 20 heavy (non-hydrogen) atoms. The number of para-hydroxylation sites is 1. The molecule has 7 heteroatoms. The fourth-order valence-corrected chi connectivity index (χ4v) is 2.31. The van der Waals surface area contributed by atoms with Gasteiger partial charge in [-0.05, 0) is 25.5 Å². The number of carbonyl (C=O) groups excluding carboxylic acids is 1. The summed E-state index contributed by atoms with van der Waals surface area (Å²) in [6.45, 7) is 3.42. The van der Waals surface area contributed by atoms with Crippen LogP contribution in [0, 0.1) is 5.41 Å². The Labute approximate surface area is 126 Å². The minimum absolute atomic E-state index is 0.0801. The third kappa shape index (κ3) is 3.89. The Morgan fingerprint density at radius 2 is 2.10 bits per heavy atom. The van der Waals surface area contributed by atoms with Gasteiger partial charge in [0, 0.05) is 4.90 Å². The van der Waals surface area contributed by atoms with Gasteiger partial charge >= 0.3 is 0 Å². The quantitative estimate of drug-likeness (QED) is 0.621. The maximum absolute atomic E-state index is 12.5. The molecule has 0 aromatic heterocycles. The van der Waals surface area contributed by atoms with Crippen LogP contribution in [0.1, 0.15) is 20.3 Å². The van der Waals surface area contributed by atoms with E-state index in [4.69, 9.17) is 18.0 Å². The number of nitrogens with one attached hydrogen (secondary N) is 1. The average molecular weight is 318 g/mol. The summed E-state index contributed by atoms with van der Waals surface area (Å²) in [5, 5.41) is 2.63. The van der Waals surface area contributed by atoms with E-state index in [0.29, 0.717) is 28.8 Å². The zero-order chi connectivity index (χ0) is 15.3. The van der Waals surface area contributed by atoms with Gasteiger partial charge in [-0.25, -0.2) is 0 Å². The molecule has 0 heterocycles. The summed E-state index contributed by atoms with van der Waals surface area (Å²) in [7, 11) is 0. The zero-order valence-corrected chi connectivity index (χ0v) is 12.8. The largest absolute Gasteiger partial charge is 0.392 e. The zero-order valence-electron chi connectivity index (χ0n) is 11.2. The van der Waals surface area contributed by atoms with Gasteiger partial charge in [0.2, 0.25) is 5.91 Å². The lowest BCUT2D eigenvalue weighted by Gasteiger charge is -2.26. The van der Waals surface area contributed by atoms with E-state index in [1.807, 2.05) is 0 Å².